The Kier molecular flexibility index (Phi) is 4.57. The zero-order valence-corrected chi connectivity index (χ0v) is 8.66. The summed E-state index contributed by atoms with van der Waals surface area (Å²) < 4.78 is 0. The molecule has 0 aliphatic carbocycles. The van der Waals surface area contributed by atoms with E-state index in [1.165, 1.54) is 0 Å². The van der Waals surface area contributed by atoms with Crippen LogP contribution in [-0.4, -0.2) is 22.9 Å². The molecule has 0 fully saturated rings. The molecule has 0 unspecified atom stereocenters. The first-order valence-corrected chi connectivity index (χ1v) is 5.03. The van der Waals surface area contributed by atoms with Gasteiger partial charge < -0.3 is 5.73 Å². The molecule has 0 spiro atoms. The third kappa shape index (κ3) is 7.72. The maximum absolute atomic E-state index is 5.68. The number of thioether (sulfide) groups is 1. The van der Waals surface area contributed by atoms with E-state index >= 15 is 0 Å². The molecule has 0 aliphatic heterocycles. The molecule has 3 heteroatoms. The fourth-order valence-electron chi connectivity index (χ4n) is 0.670. The summed E-state index contributed by atoms with van der Waals surface area (Å²) in [5, 5.41) is 0. The van der Waals surface area contributed by atoms with Crippen molar-refractivity contribution in [1.82, 2.24) is 0 Å². The van der Waals surface area contributed by atoms with Gasteiger partial charge in [-0.05, 0) is 26.5 Å². The van der Waals surface area contributed by atoms with Crippen LogP contribution in [0.4, 0.5) is 0 Å². The summed E-state index contributed by atoms with van der Waals surface area (Å²) in [6.07, 6.45) is 0. The fourth-order valence-corrected chi connectivity index (χ4v) is 1.15. The standard InChI is InChI=1S/C8H18N2S/c1-5-11-6-7(9)10-8(2,3)4/h5-6H2,1-4H3,(H2,9,10). The lowest BCUT2D eigenvalue weighted by molar-refractivity contribution is 0.583. The summed E-state index contributed by atoms with van der Waals surface area (Å²) >= 11 is 1.80. The highest BCUT2D eigenvalue weighted by atomic mass is 32.2. The Hall–Kier alpha value is -0.180. The van der Waals surface area contributed by atoms with Gasteiger partial charge in [0.1, 0.15) is 5.84 Å². The lowest BCUT2D eigenvalue weighted by atomic mass is 10.1. The lowest BCUT2D eigenvalue weighted by Crippen LogP contribution is -2.22. The maximum Gasteiger partial charge on any atom is 0.104 e. The van der Waals surface area contributed by atoms with Gasteiger partial charge in [-0.2, -0.15) is 11.8 Å². The maximum atomic E-state index is 5.68. The van der Waals surface area contributed by atoms with Crippen molar-refractivity contribution < 1.29 is 0 Å². The molecular formula is C8H18N2S. The van der Waals surface area contributed by atoms with E-state index in [1.54, 1.807) is 11.8 Å². The largest absolute Gasteiger partial charge is 0.387 e. The summed E-state index contributed by atoms with van der Waals surface area (Å²) in [5.41, 5.74) is 5.65. The second kappa shape index (κ2) is 4.65. The van der Waals surface area contributed by atoms with E-state index in [0.717, 1.165) is 17.3 Å². The number of aliphatic imine (C=N–C) groups is 1. The third-order valence-electron chi connectivity index (χ3n) is 0.933. The predicted molar refractivity (Wildman–Crippen MR) is 54.4 cm³/mol. The molecule has 0 aromatic rings. The molecule has 0 saturated heterocycles. The van der Waals surface area contributed by atoms with Gasteiger partial charge in [0.15, 0.2) is 0 Å². The Morgan fingerprint density at radius 2 is 2.00 bits per heavy atom. The van der Waals surface area contributed by atoms with Crippen molar-refractivity contribution in [3.63, 3.8) is 0 Å². The van der Waals surface area contributed by atoms with Crippen molar-refractivity contribution in [2.24, 2.45) is 10.7 Å². The van der Waals surface area contributed by atoms with Gasteiger partial charge in [0.2, 0.25) is 0 Å². The van der Waals surface area contributed by atoms with Gasteiger partial charge in [-0.3, -0.25) is 4.99 Å². The number of hydrogen-bond donors (Lipinski definition) is 1. The zero-order valence-electron chi connectivity index (χ0n) is 7.85. The Morgan fingerprint density at radius 1 is 1.45 bits per heavy atom. The van der Waals surface area contributed by atoms with Crippen molar-refractivity contribution in [3.8, 4) is 0 Å². The number of nitrogens with zero attached hydrogens (tertiary/aromatic N) is 1. The molecule has 0 bridgehead atoms. The topological polar surface area (TPSA) is 38.4 Å². The van der Waals surface area contributed by atoms with Gasteiger partial charge >= 0.3 is 0 Å². The van der Waals surface area contributed by atoms with Gasteiger partial charge in [0.05, 0.1) is 11.3 Å². The molecular weight excluding hydrogens is 156 g/mol. The molecule has 0 saturated carbocycles. The average molecular weight is 174 g/mol. The minimum Gasteiger partial charge on any atom is -0.387 e. The van der Waals surface area contributed by atoms with E-state index in [1.807, 2.05) is 0 Å². The predicted octanol–water partition coefficient (Wildman–Crippen LogP) is 1.90. The van der Waals surface area contributed by atoms with E-state index in [2.05, 4.69) is 32.7 Å². The van der Waals surface area contributed by atoms with Gasteiger partial charge in [0.25, 0.3) is 0 Å². The summed E-state index contributed by atoms with van der Waals surface area (Å²) in [6, 6.07) is 0. The van der Waals surface area contributed by atoms with Gasteiger partial charge in [-0.15, -0.1) is 0 Å². The SMILES string of the molecule is CCSCC(N)=NC(C)(C)C. The molecule has 0 rings (SSSR count). The molecule has 0 aromatic heterocycles. The Labute approximate surface area is 73.7 Å². The molecule has 0 aliphatic rings. The van der Waals surface area contributed by atoms with Crippen LogP contribution in [0.25, 0.3) is 0 Å². The van der Waals surface area contributed by atoms with Gasteiger partial charge in [0, 0.05) is 0 Å². The first-order chi connectivity index (χ1) is 4.95. The monoisotopic (exact) mass is 174 g/mol. The van der Waals surface area contributed by atoms with E-state index in [4.69, 9.17) is 5.73 Å². The van der Waals surface area contributed by atoms with E-state index in [0.29, 0.717) is 0 Å². The van der Waals surface area contributed by atoms with Crippen molar-refractivity contribution in [3.05, 3.63) is 0 Å². The van der Waals surface area contributed by atoms with Crippen LogP contribution >= 0.6 is 11.8 Å². The molecule has 0 atom stereocenters. The molecule has 66 valence electrons. The lowest BCUT2D eigenvalue weighted by Gasteiger charge is -2.13. The summed E-state index contributed by atoms with van der Waals surface area (Å²) in [7, 11) is 0. The van der Waals surface area contributed by atoms with Gasteiger partial charge in [-0.1, -0.05) is 6.92 Å². The van der Waals surface area contributed by atoms with Crippen LogP contribution < -0.4 is 5.73 Å². The molecule has 11 heavy (non-hydrogen) atoms. The van der Waals surface area contributed by atoms with Gasteiger partial charge in [-0.25, -0.2) is 0 Å². The highest BCUT2D eigenvalue weighted by molar-refractivity contribution is 7.99. The fraction of sp³-hybridized carbons (Fsp3) is 0.875. The first-order valence-electron chi connectivity index (χ1n) is 3.87. The van der Waals surface area contributed by atoms with Crippen LogP contribution in [0.15, 0.2) is 4.99 Å². The molecule has 2 N–H and O–H groups in total. The highest BCUT2D eigenvalue weighted by Crippen LogP contribution is 2.07. The normalized spacial score (nSPS) is 13.6. The number of amidine groups is 1. The van der Waals surface area contributed by atoms with Crippen molar-refractivity contribution in [1.29, 1.82) is 0 Å². The molecule has 0 amide bonds. The van der Waals surface area contributed by atoms with Crippen molar-refractivity contribution in [2.45, 2.75) is 33.2 Å². The van der Waals surface area contributed by atoms with Crippen LogP contribution in [0.5, 0.6) is 0 Å². The second-order valence-electron chi connectivity index (χ2n) is 3.41. The minimum absolute atomic E-state index is 0.0294. The minimum atomic E-state index is -0.0294. The Balaban J connectivity index is 3.81. The Morgan fingerprint density at radius 3 is 2.36 bits per heavy atom. The van der Waals surface area contributed by atoms with Crippen LogP contribution in [0.2, 0.25) is 0 Å². The number of hydrogen-bond acceptors (Lipinski definition) is 2. The Bertz CT molecular complexity index is 136. The van der Waals surface area contributed by atoms with Crippen LogP contribution in [0.3, 0.4) is 0 Å². The van der Waals surface area contributed by atoms with E-state index in [9.17, 15) is 0 Å². The summed E-state index contributed by atoms with van der Waals surface area (Å²) in [6.45, 7) is 8.28. The van der Waals surface area contributed by atoms with Crippen LogP contribution in [0, 0.1) is 0 Å². The van der Waals surface area contributed by atoms with Crippen molar-refractivity contribution in [2.75, 3.05) is 11.5 Å². The summed E-state index contributed by atoms with van der Waals surface area (Å²) in [4.78, 5) is 4.32. The number of rotatable bonds is 3. The molecule has 0 heterocycles. The molecule has 2 nitrogen and oxygen atoms in total. The quantitative estimate of drug-likeness (QED) is 0.524. The summed E-state index contributed by atoms with van der Waals surface area (Å²) in [5.74, 6) is 2.71. The first kappa shape index (κ1) is 10.8. The molecule has 0 aromatic carbocycles. The molecule has 0 radical (unpaired) electrons. The van der Waals surface area contributed by atoms with E-state index in [-0.39, 0.29) is 5.54 Å². The highest BCUT2D eigenvalue weighted by Gasteiger charge is 2.07. The average Bonchev–Trinajstić information content (AvgIpc) is 1.79. The number of nitrogens with two attached hydrogens (primary N) is 1. The van der Waals surface area contributed by atoms with Crippen LogP contribution in [-0.2, 0) is 0 Å². The zero-order chi connectivity index (χ0) is 8.91. The van der Waals surface area contributed by atoms with Crippen LogP contribution in [0.1, 0.15) is 27.7 Å². The smallest absolute Gasteiger partial charge is 0.104 e. The third-order valence-corrected chi connectivity index (χ3v) is 1.84. The van der Waals surface area contributed by atoms with Crippen molar-refractivity contribution >= 4 is 17.6 Å². The van der Waals surface area contributed by atoms with E-state index < -0.39 is 0 Å². The second-order valence-corrected chi connectivity index (χ2v) is 4.69.